The molecule has 0 aliphatic rings. The van der Waals surface area contributed by atoms with Crippen LogP contribution in [0.1, 0.15) is 5.82 Å². The zero-order valence-corrected chi connectivity index (χ0v) is 9.01. The topological polar surface area (TPSA) is 25.8 Å². The largest absolute Gasteiger partial charge is 0.239 e. The summed E-state index contributed by atoms with van der Waals surface area (Å²) >= 11 is 9.02. The van der Waals surface area contributed by atoms with Crippen molar-refractivity contribution in [3.8, 4) is 0 Å². The van der Waals surface area contributed by atoms with Crippen molar-refractivity contribution in [3.63, 3.8) is 0 Å². The van der Waals surface area contributed by atoms with Crippen LogP contribution in [0.2, 0.25) is 0 Å². The molecule has 0 amide bonds. The highest BCUT2D eigenvalue weighted by Gasteiger charge is 1.98. The molecule has 4 heteroatoms. The van der Waals surface area contributed by atoms with Crippen LogP contribution in [0.15, 0.2) is 28.9 Å². The summed E-state index contributed by atoms with van der Waals surface area (Å²) in [5, 5.41) is 1.03. The maximum atomic E-state index is 5.63. The highest BCUT2D eigenvalue weighted by atomic mass is 79.9. The normalized spacial score (nSPS) is 10.6. The molecule has 0 atom stereocenters. The Balaban J connectivity index is 2.68. The number of rotatable bonds is 1. The Kier molecular flexibility index (Phi) is 2.47. The van der Waals surface area contributed by atoms with E-state index in [-0.39, 0.29) is 0 Å². The lowest BCUT2D eigenvalue weighted by Gasteiger charge is -1.98. The van der Waals surface area contributed by atoms with E-state index in [1.165, 1.54) is 0 Å². The van der Waals surface area contributed by atoms with Crippen LogP contribution in [0, 0.1) is 0 Å². The zero-order chi connectivity index (χ0) is 9.26. The van der Waals surface area contributed by atoms with Gasteiger partial charge in [0, 0.05) is 16.1 Å². The monoisotopic (exact) mass is 256 g/mol. The smallest absolute Gasteiger partial charge is 0.143 e. The average molecular weight is 258 g/mol. The number of hydrogen-bond donors (Lipinski definition) is 0. The number of alkyl halides is 1. The lowest BCUT2D eigenvalue weighted by atomic mass is 10.2. The highest BCUT2D eigenvalue weighted by Crippen LogP contribution is 2.17. The summed E-state index contributed by atoms with van der Waals surface area (Å²) in [4.78, 5) is 8.38. The van der Waals surface area contributed by atoms with Gasteiger partial charge in [-0.25, -0.2) is 9.97 Å². The fraction of sp³-hybridized carbons (Fsp3) is 0.111. The fourth-order valence-corrected chi connectivity index (χ4v) is 1.58. The molecule has 2 nitrogen and oxygen atoms in total. The molecule has 0 aliphatic heterocycles. The quantitative estimate of drug-likeness (QED) is 0.734. The SMILES string of the molecule is ClCc1ncc2ccc(Br)cc2n1. The van der Waals surface area contributed by atoms with Crippen LogP contribution in [0.3, 0.4) is 0 Å². The van der Waals surface area contributed by atoms with Gasteiger partial charge in [-0.15, -0.1) is 11.6 Å². The Hall–Kier alpha value is -0.670. The molecule has 0 bridgehead atoms. The van der Waals surface area contributed by atoms with Crippen molar-refractivity contribution in [2.24, 2.45) is 0 Å². The molecule has 66 valence electrons. The van der Waals surface area contributed by atoms with Gasteiger partial charge in [0.25, 0.3) is 0 Å². The van der Waals surface area contributed by atoms with E-state index < -0.39 is 0 Å². The minimum atomic E-state index is 0.350. The van der Waals surface area contributed by atoms with E-state index in [1.54, 1.807) is 6.20 Å². The van der Waals surface area contributed by atoms with Gasteiger partial charge in [-0.05, 0) is 12.1 Å². The Bertz CT molecular complexity index is 445. The Labute approximate surface area is 89.1 Å². The van der Waals surface area contributed by atoms with Gasteiger partial charge in [0.05, 0.1) is 11.4 Å². The van der Waals surface area contributed by atoms with E-state index in [4.69, 9.17) is 11.6 Å². The molecule has 0 fully saturated rings. The molecule has 0 N–H and O–H groups in total. The molecular formula is C9H6BrClN2. The molecule has 0 radical (unpaired) electrons. The Morgan fingerprint density at radius 3 is 3.00 bits per heavy atom. The van der Waals surface area contributed by atoms with E-state index >= 15 is 0 Å². The van der Waals surface area contributed by atoms with Crippen molar-refractivity contribution < 1.29 is 0 Å². The van der Waals surface area contributed by atoms with Crippen molar-refractivity contribution in [3.05, 3.63) is 34.7 Å². The van der Waals surface area contributed by atoms with Crippen LogP contribution in [0.5, 0.6) is 0 Å². The van der Waals surface area contributed by atoms with Crippen molar-refractivity contribution >= 4 is 38.4 Å². The van der Waals surface area contributed by atoms with Gasteiger partial charge >= 0.3 is 0 Å². The lowest BCUT2D eigenvalue weighted by Crippen LogP contribution is -1.90. The highest BCUT2D eigenvalue weighted by molar-refractivity contribution is 9.10. The number of nitrogens with zero attached hydrogens (tertiary/aromatic N) is 2. The summed E-state index contributed by atoms with van der Waals surface area (Å²) < 4.78 is 1.01. The van der Waals surface area contributed by atoms with Gasteiger partial charge in [-0.1, -0.05) is 22.0 Å². The maximum Gasteiger partial charge on any atom is 0.143 e. The summed E-state index contributed by atoms with van der Waals surface area (Å²) in [5.41, 5.74) is 0.917. The predicted molar refractivity (Wildman–Crippen MR) is 56.8 cm³/mol. The number of hydrogen-bond acceptors (Lipinski definition) is 2. The van der Waals surface area contributed by atoms with Crippen molar-refractivity contribution in [2.75, 3.05) is 0 Å². The lowest BCUT2D eigenvalue weighted by molar-refractivity contribution is 1.06. The standard InChI is InChI=1S/C9H6BrClN2/c10-7-2-1-6-5-12-9(4-11)13-8(6)3-7/h1-3,5H,4H2. The van der Waals surface area contributed by atoms with Crippen molar-refractivity contribution in [2.45, 2.75) is 5.88 Å². The maximum absolute atomic E-state index is 5.63. The minimum Gasteiger partial charge on any atom is -0.239 e. The van der Waals surface area contributed by atoms with E-state index in [2.05, 4.69) is 25.9 Å². The summed E-state index contributed by atoms with van der Waals surface area (Å²) in [6.07, 6.45) is 1.78. The van der Waals surface area contributed by atoms with Crippen LogP contribution >= 0.6 is 27.5 Å². The molecule has 1 aromatic carbocycles. The van der Waals surface area contributed by atoms with Gasteiger partial charge < -0.3 is 0 Å². The van der Waals surface area contributed by atoms with E-state index in [1.807, 2.05) is 18.2 Å². The number of aromatic nitrogens is 2. The van der Waals surface area contributed by atoms with Gasteiger partial charge in [0.2, 0.25) is 0 Å². The average Bonchev–Trinajstić information content (AvgIpc) is 2.16. The molecule has 0 saturated carbocycles. The van der Waals surface area contributed by atoms with Crippen molar-refractivity contribution in [1.82, 2.24) is 9.97 Å². The third kappa shape index (κ3) is 1.81. The van der Waals surface area contributed by atoms with Crippen molar-refractivity contribution in [1.29, 1.82) is 0 Å². The molecule has 0 aliphatic carbocycles. The second-order valence-corrected chi connectivity index (χ2v) is 3.81. The number of benzene rings is 1. The predicted octanol–water partition coefficient (Wildman–Crippen LogP) is 3.13. The molecule has 1 aromatic heterocycles. The Morgan fingerprint density at radius 2 is 2.23 bits per heavy atom. The van der Waals surface area contributed by atoms with Crippen LogP contribution in [-0.4, -0.2) is 9.97 Å². The zero-order valence-electron chi connectivity index (χ0n) is 6.67. The van der Waals surface area contributed by atoms with Crippen LogP contribution in [0.25, 0.3) is 10.9 Å². The molecule has 0 saturated heterocycles. The summed E-state index contributed by atoms with van der Waals surface area (Å²) in [6.45, 7) is 0. The van der Waals surface area contributed by atoms with E-state index in [9.17, 15) is 0 Å². The molecule has 1 heterocycles. The van der Waals surface area contributed by atoms with Gasteiger partial charge in [0.1, 0.15) is 5.82 Å². The van der Waals surface area contributed by atoms with Crippen LogP contribution in [-0.2, 0) is 5.88 Å². The molecule has 13 heavy (non-hydrogen) atoms. The van der Waals surface area contributed by atoms with Gasteiger partial charge in [-0.2, -0.15) is 0 Å². The second kappa shape index (κ2) is 3.60. The molecule has 0 spiro atoms. The van der Waals surface area contributed by atoms with Crippen LogP contribution in [0.4, 0.5) is 0 Å². The Morgan fingerprint density at radius 1 is 1.38 bits per heavy atom. The van der Waals surface area contributed by atoms with Gasteiger partial charge in [-0.3, -0.25) is 0 Å². The minimum absolute atomic E-state index is 0.350. The molecule has 0 unspecified atom stereocenters. The first-order valence-corrected chi connectivity index (χ1v) is 5.09. The first-order valence-electron chi connectivity index (χ1n) is 3.77. The number of fused-ring (bicyclic) bond motifs is 1. The van der Waals surface area contributed by atoms with E-state index in [0.29, 0.717) is 11.7 Å². The molecule has 2 aromatic rings. The second-order valence-electron chi connectivity index (χ2n) is 2.62. The van der Waals surface area contributed by atoms with E-state index in [0.717, 1.165) is 15.4 Å². The third-order valence-corrected chi connectivity index (χ3v) is 2.45. The molecule has 2 rings (SSSR count). The fourth-order valence-electron chi connectivity index (χ4n) is 1.10. The molecular weight excluding hydrogens is 251 g/mol. The summed E-state index contributed by atoms with van der Waals surface area (Å²) in [5.74, 6) is 1.01. The first kappa shape index (κ1) is 8.91. The summed E-state index contributed by atoms with van der Waals surface area (Å²) in [6, 6.07) is 5.89. The first-order chi connectivity index (χ1) is 6.29. The summed E-state index contributed by atoms with van der Waals surface area (Å²) in [7, 11) is 0. The third-order valence-electron chi connectivity index (χ3n) is 1.71. The van der Waals surface area contributed by atoms with Gasteiger partial charge in [0.15, 0.2) is 0 Å². The number of halogens is 2. The van der Waals surface area contributed by atoms with Crippen LogP contribution < -0.4 is 0 Å².